The Hall–Kier alpha value is -0.305. The molecule has 0 unspecified atom stereocenters. The van der Waals surface area contributed by atoms with Crippen molar-refractivity contribution in [3.63, 3.8) is 0 Å². The molecule has 0 bridgehead atoms. The number of aryl methyl sites for hydroxylation is 1. The van der Waals surface area contributed by atoms with Gasteiger partial charge in [-0.15, -0.1) is 0 Å². The molecule has 0 aromatic carbocycles. The molecule has 13 heavy (non-hydrogen) atoms. The maximum absolute atomic E-state index is 9.75. The SMILES string of the molecule is CSc1[o+]nc(C)s1.F[B-](F)(F)F. The molecule has 0 amide bonds. The fraction of sp³-hybridized carbons (Fsp3) is 0.500. The molecule has 0 aliphatic carbocycles. The molecule has 0 fully saturated rings. The van der Waals surface area contributed by atoms with Crippen molar-refractivity contribution in [3.8, 4) is 0 Å². The van der Waals surface area contributed by atoms with Crippen molar-refractivity contribution in [1.82, 2.24) is 5.16 Å². The number of thioether (sulfide) groups is 1. The van der Waals surface area contributed by atoms with E-state index in [9.17, 15) is 17.3 Å². The molecule has 0 radical (unpaired) electrons. The van der Waals surface area contributed by atoms with Crippen LogP contribution >= 0.6 is 23.1 Å². The van der Waals surface area contributed by atoms with E-state index in [1.165, 1.54) is 0 Å². The lowest BCUT2D eigenvalue weighted by atomic mass is 10.3. The molecule has 0 spiro atoms. The molecule has 1 heterocycles. The van der Waals surface area contributed by atoms with Crippen molar-refractivity contribution in [1.29, 1.82) is 0 Å². The Morgan fingerprint density at radius 2 is 1.85 bits per heavy atom. The number of nitrogens with zero attached hydrogens (tertiary/aromatic N) is 1. The highest BCUT2D eigenvalue weighted by molar-refractivity contribution is 8.00. The summed E-state index contributed by atoms with van der Waals surface area (Å²) in [6.07, 6.45) is 1.97. The predicted octanol–water partition coefficient (Wildman–Crippen LogP) is 3.35. The van der Waals surface area contributed by atoms with Gasteiger partial charge < -0.3 is 17.3 Å². The second kappa shape index (κ2) is 5.43. The maximum atomic E-state index is 9.75. The van der Waals surface area contributed by atoms with E-state index in [1.54, 1.807) is 23.1 Å². The molecular weight excluding hydrogens is 229 g/mol. The third kappa shape index (κ3) is 9.61. The average molecular weight is 235 g/mol. The normalized spacial score (nSPS) is 10.6. The fourth-order valence-electron chi connectivity index (χ4n) is 0.338. The van der Waals surface area contributed by atoms with Crippen molar-refractivity contribution in [2.75, 3.05) is 6.26 Å². The lowest BCUT2D eigenvalue weighted by molar-refractivity contribution is 0.352. The van der Waals surface area contributed by atoms with Crippen LogP contribution < -0.4 is 0 Å². The molecule has 0 atom stereocenters. The zero-order chi connectivity index (χ0) is 10.5. The van der Waals surface area contributed by atoms with Gasteiger partial charge in [0.2, 0.25) is 0 Å². The lowest BCUT2D eigenvalue weighted by Gasteiger charge is -1.94. The van der Waals surface area contributed by atoms with E-state index in [-0.39, 0.29) is 0 Å². The number of halogens is 4. The Morgan fingerprint density at radius 1 is 1.38 bits per heavy atom. The molecule has 1 aromatic rings. The Balaban J connectivity index is 0.000000252. The van der Waals surface area contributed by atoms with Gasteiger partial charge in [-0.05, 0) is 29.5 Å². The largest absolute Gasteiger partial charge is 0.673 e. The Kier molecular flexibility index (Phi) is 5.30. The fourth-order valence-corrected chi connectivity index (χ4v) is 1.54. The first-order chi connectivity index (χ1) is 5.83. The van der Waals surface area contributed by atoms with E-state index in [2.05, 4.69) is 5.16 Å². The number of aromatic nitrogens is 1. The number of rotatable bonds is 1. The van der Waals surface area contributed by atoms with Crippen molar-refractivity contribution >= 4 is 30.4 Å². The Morgan fingerprint density at radius 3 is 2.00 bits per heavy atom. The minimum absolute atomic E-state index is 0.919. The molecule has 76 valence electrons. The van der Waals surface area contributed by atoms with Crippen LogP contribution in [-0.2, 0) is 0 Å². The van der Waals surface area contributed by atoms with Crippen LogP contribution in [-0.4, -0.2) is 18.7 Å². The van der Waals surface area contributed by atoms with Gasteiger partial charge in [0.25, 0.3) is 0 Å². The number of hydrogen-bond donors (Lipinski definition) is 0. The predicted molar refractivity (Wildman–Crippen MR) is 45.5 cm³/mol. The summed E-state index contributed by atoms with van der Waals surface area (Å²) in [5, 5.41) is 4.69. The molecule has 1 aromatic heterocycles. The zero-order valence-electron chi connectivity index (χ0n) is 6.76. The van der Waals surface area contributed by atoms with Crippen LogP contribution in [0.25, 0.3) is 0 Å². The quantitative estimate of drug-likeness (QED) is 0.323. The molecule has 1 rings (SSSR count). The van der Waals surface area contributed by atoms with Crippen LogP contribution in [0.4, 0.5) is 17.3 Å². The van der Waals surface area contributed by atoms with Crippen LogP contribution in [0.15, 0.2) is 8.93 Å². The van der Waals surface area contributed by atoms with E-state index in [1.807, 2.05) is 13.2 Å². The Bertz CT molecular complexity index is 247. The van der Waals surface area contributed by atoms with E-state index in [0.29, 0.717) is 0 Å². The summed E-state index contributed by atoms with van der Waals surface area (Å²) in [7, 11) is -6.00. The van der Waals surface area contributed by atoms with Crippen LogP contribution in [0.3, 0.4) is 0 Å². The zero-order valence-corrected chi connectivity index (χ0v) is 8.39. The number of hydrogen-bond acceptors (Lipinski definition) is 3. The summed E-state index contributed by atoms with van der Waals surface area (Å²) in [5.74, 6) is 0. The average Bonchev–Trinajstić information content (AvgIpc) is 2.31. The monoisotopic (exact) mass is 235 g/mol. The topological polar surface area (TPSA) is 24.2 Å². The lowest BCUT2D eigenvalue weighted by Crippen LogP contribution is -2.02. The van der Waals surface area contributed by atoms with Gasteiger partial charge in [0.1, 0.15) is 0 Å². The first-order valence-corrected chi connectivity index (χ1v) is 5.05. The van der Waals surface area contributed by atoms with E-state index in [4.69, 9.17) is 4.52 Å². The van der Waals surface area contributed by atoms with Gasteiger partial charge in [-0.2, -0.15) is 0 Å². The summed E-state index contributed by atoms with van der Waals surface area (Å²) >= 11 is 3.15. The smallest absolute Gasteiger partial charge is 0.418 e. The molecule has 2 nitrogen and oxygen atoms in total. The molecule has 0 N–H and O–H groups in total. The maximum Gasteiger partial charge on any atom is 0.673 e. The van der Waals surface area contributed by atoms with Crippen molar-refractivity contribution in [2.45, 2.75) is 11.3 Å². The van der Waals surface area contributed by atoms with Crippen LogP contribution in [0.1, 0.15) is 5.01 Å². The molecule has 0 aliphatic heterocycles. The highest BCUT2D eigenvalue weighted by Crippen LogP contribution is 2.21. The third-order valence-electron chi connectivity index (χ3n) is 0.646. The minimum Gasteiger partial charge on any atom is -0.418 e. The van der Waals surface area contributed by atoms with E-state index >= 15 is 0 Å². The van der Waals surface area contributed by atoms with Gasteiger partial charge in [-0.3, -0.25) is 0 Å². The van der Waals surface area contributed by atoms with Gasteiger partial charge >= 0.3 is 11.7 Å². The van der Waals surface area contributed by atoms with E-state index < -0.39 is 7.25 Å². The van der Waals surface area contributed by atoms with E-state index in [0.717, 1.165) is 9.41 Å². The molecule has 0 saturated heterocycles. The highest BCUT2D eigenvalue weighted by atomic mass is 32.2. The molecular formula is C4H6BF4NOS2. The minimum atomic E-state index is -6.00. The summed E-state index contributed by atoms with van der Waals surface area (Å²) in [6.45, 7) is 1.92. The van der Waals surface area contributed by atoms with Gasteiger partial charge in [0, 0.05) is 11.3 Å². The van der Waals surface area contributed by atoms with Crippen molar-refractivity contribution in [3.05, 3.63) is 5.01 Å². The van der Waals surface area contributed by atoms with Crippen LogP contribution in [0.2, 0.25) is 0 Å². The second-order valence-electron chi connectivity index (χ2n) is 1.75. The van der Waals surface area contributed by atoms with Crippen molar-refractivity contribution < 1.29 is 21.8 Å². The van der Waals surface area contributed by atoms with Gasteiger partial charge in [-0.25, -0.2) is 0 Å². The van der Waals surface area contributed by atoms with Crippen LogP contribution in [0, 0.1) is 6.92 Å². The summed E-state index contributed by atoms with van der Waals surface area (Å²) in [4.78, 5) is 0. The van der Waals surface area contributed by atoms with Gasteiger partial charge in [-0.1, -0.05) is 0 Å². The summed E-state index contributed by atoms with van der Waals surface area (Å²) in [6, 6.07) is 0. The third-order valence-corrected chi connectivity index (χ3v) is 2.42. The molecule has 9 heteroatoms. The van der Waals surface area contributed by atoms with Gasteiger partial charge in [0.15, 0.2) is 10.2 Å². The molecule has 0 saturated carbocycles. The summed E-state index contributed by atoms with van der Waals surface area (Å²) < 4.78 is 44.8. The highest BCUT2D eigenvalue weighted by Gasteiger charge is 2.20. The Labute approximate surface area is 80.4 Å². The second-order valence-corrected chi connectivity index (χ2v) is 3.96. The van der Waals surface area contributed by atoms with Gasteiger partial charge in [0.05, 0.1) is 0 Å². The van der Waals surface area contributed by atoms with Crippen molar-refractivity contribution in [2.24, 2.45) is 0 Å². The molecule has 0 aliphatic rings. The first-order valence-electron chi connectivity index (χ1n) is 3.00. The van der Waals surface area contributed by atoms with Crippen LogP contribution in [0.5, 0.6) is 0 Å². The summed E-state index contributed by atoms with van der Waals surface area (Å²) in [5.41, 5.74) is 0. The standard InChI is InChI=1S/C4H6NOS2.BF4/c1-3-5-6-4(7-2)8-3;2-1(3,4)5/h1-2H3;/q+1;-1. The first kappa shape index (κ1) is 12.7.